The fraction of sp³-hybridized carbons (Fsp3) is 0.560. The van der Waals surface area contributed by atoms with Crippen molar-refractivity contribution in [2.24, 2.45) is 5.92 Å². The largest absolute Gasteiger partial charge is 0.450 e. The lowest BCUT2D eigenvalue weighted by atomic mass is 9.93. The lowest BCUT2D eigenvalue weighted by molar-refractivity contribution is -0.954. The Morgan fingerprint density at radius 1 is 1.07 bits per heavy atom. The predicted molar refractivity (Wildman–Crippen MR) is 115 cm³/mol. The first-order chi connectivity index (χ1) is 14.6. The van der Waals surface area contributed by atoms with Gasteiger partial charge in [-0.15, -0.1) is 0 Å². The van der Waals surface area contributed by atoms with Crippen molar-refractivity contribution in [3.63, 3.8) is 0 Å². The number of carbonyl (C=O) groups excluding carboxylic acids is 1. The number of piperidine rings is 1. The molecule has 1 atom stereocenters. The summed E-state index contributed by atoms with van der Waals surface area (Å²) in [6, 6.07) is 11.2. The number of benzene rings is 1. The molecule has 162 valence electrons. The maximum Gasteiger partial charge on any atom is 0.289 e. The number of amides is 1. The number of likely N-dealkylation sites (tertiary alicyclic amines) is 1. The van der Waals surface area contributed by atoms with Gasteiger partial charge in [-0.1, -0.05) is 25.5 Å². The van der Waals surface area contributed by atoms with Crippen LogP contribution < -0.4 is 4.90 Å². The summed E-state index contributed by atoms with van der Waals surface area (Å²) in [5.74, 6) is 1.82. The van der Waals surface area contributed by atoms with Crippen LogP contribution >= 0.6 is 0 Å². The molecule has 1 saturated carbocycles. The Balaban J connectivity index is 1.45. The van der Waals surface area contributed by atoms with Gasteiger partial charge >= 0.3 is 0 Å². The van der Waals surface area contributed by atoms with Crippen LogP contribution in [-0.2, 0) is 13.1 Å². The molecule has 1 aliphatic heterocycles. The van der Waals surface area contributed by atoms with E-state index in [1.807, 2.05) is 23.1 Å². The number of hydrogen-bond acceptors (Lipinski definition) is 2. The van der Waals surface area contributed by atoms with E-state index >= 15 is 0 Å². The molecule has 1 aromatic carbocycles. The number of nitrogens with zero attached hydrogens (tertiary/aromatic N) is 1. The molecule has 2 heterocycles. The standard InChI is InChI=1S/C25H33FN2O2/c1-19-12-14-27(15-13-19)25(29)24-11-10-23(30-24)18-28(22-8-3-2-4-9-22)17-20-6-5-7-21(26)16-20/h5-7,10-11,16,19,22H,2-4,8-9,12-15,17-18H2,1H3/p+1. The summed E-state index contributed by atoms with van der Waals surface area (Å²) >= 11 is 0. The van der Waals surface area contributed by atoms with Gasteiger partial charge < -0.3 is 14.2 Å². The van der Waals surface area contributed by atoms with Gasteiger partial charge in [0, 0.05) is 18.7 Å². The Labute approximate surface area is 179 Å². The molecular weight excluding hydrogens is 379 g/mol. The molecule has 5 heteroatoms. The third-order valence-corrected chi connectivity index (χ3v) is 6.85. The average Bonchev–Trinajstić information content (AvgIpc) is 3.23. The molecule has 1 saturated heterocycles. The van der Waals surface area contributed by atoms with Gasteiger partial charge in [0.05, 0.1) is 6.04 Å². The molecule has 0 spiro atoms. The second-order valence-corrected chi connectivity index (χ2v) is 9.22. The van der Waals surface area contributed by atoms with Crippen LogP contribution in [0.4, 0.5) is 4.39 Å². The maximum absolute atomic E-state index is 13.7. The Morgan fingerprint density at radius 3 is 2.57 bits per heavy atom. The summed E-state index contributed by atoms with van der Waals surface area (Å²) in [6.07, 6.45) is 8.34. The molecule has 0 radical (unpaired) electrons. The second kappa shape index (κ2) is 9.78. The summed E-state index contributed by atoms with van der Waals surface area (Å²) in [4.78, 5) is 16.1. The average molecular weight is 414 g/mol. The van der Waals surface area contributed by atoms with E-state index in [9.17, 15) is 9.18 Å². The molecule has 2 fully saturated rings. The number of nitrogens with one attached hydrogen (secondary N) is 1. The van der Waals surface area contributed by atoms with E-state index in [0.717, 1.165) is 50.3 Å². The van der Waals surface area contributed by atoms with Crippen molar-refractivity contribution in [3.8, 4) is 0 Å². The zero-order valence-electron chi connectivity index (χ0n) is 18.0. The zero-order valence-corrected chi connectivity index (χ0v) is 18.0. The minimum atomic E-state index is -0.183. The van der Waals surface area contributed by atoms with Gasteiger partial charge in [-0.25, -0.2) is 4.39 Å². The van der Waals surface area contributed by atoms with E-state index in [1.165, 1.54) is 43.1 Å². The third kappa shape index (κ3) is 5.31. The van der Waals surface area contributed by atoms with Gasteiger partial charge in [-0.05, 0) is 68.7 Å². The zero-order chi connectivity index (χ0) is 20.9. The number of hydrogen-bond donors (Lipinski definition) is 1. The normalized spacial score (nSPS) is 19.7. The van der Waals surface area contributed by atoms with Crippen molar-refractivity contribution >= 4 is 5.91 Å². The topological polar surface area (TPSA) is 37.9 Å². The Morgan fingerprint density at radius 2 is 1.83 bits per heavy atom. The van der Waals surface area contributed by atoms with E-state index in [2.05, 4.69) is 6.92 Å². The minimum absolute atomic E-state index is 0.0116. The molecule has 1 amide bonds. The number of quaternary nitrogens is 1. The van der Waals surface area contributed by atoms with Crippen molar-refractivity contribution < 1.29 is 18.5 Å². The lowest BCUT2D eigenvalue weighted by Gasteiger charge is -2.31. The van der Waals surface area contributed by atoms with Gasteiger partial charge in [0.1, 0.15) is 18.9 Å². The van der Waals surface area contributed by atoms with Crippen LogP contribution in [0.3, 0.4) is 0 Å². The van der Waals surface area contributed by atoms with Gasteiger partial charge in [-0.3, -0.25) is 4.79 Å². The van der Waals surface area contributed by atoms with Gasteiger partial charge in [0.15, 0.2) is 11.5 Å². The molecule has 4 rings (SSSR count). The molecule has 1 aromatic heterocycles. The molecule has 2 aliphatic rings. The van der Waals surface area contributed by atoms with Crippen LogP contribution in [0, 0.1) is 11.7 Å². The van der Waals surface area contributed by atoms with Crippen LogP contribution in [0.15, 0.2) is 40.8 Å². The lowest BCUT2D eigenvalue weighted by Crippen LogP contribution is -3.13. The summed E-state index contributed by atoms with van der Waals surface area (Å²) in [5, 5.41) is 0. The van der Waals surface area contributed by atoms with E-state index in [0.29, 0.717) is 17.7 Å². The predicted octanol–water partition coefficient (Wildman–Crippen LogP) is 4.21. The smallest absolute Gasteiger partial charge is 0.289 e. The van der Waals surface area contributed by atoms with Crippen LogP contribution in [0.25, 0.3) is 0 Å². The first kappa shape index (κ1) is 21.1. The molecule has 4 nitrogen and oxygen atoms in total. The minimum Gasteiger partial charge on any atom is -0.450 e. The van der Waals surface area contributed by atoms with Crippen molar-refractivity contribution in [1.29, 1.82) is 0 Å². The molecular formula is C25H34FN2O2+. The van der Waals surface area contributed by atoms with Crippen molar-refractivity contribution in [2.75, 3.05) is 13.1 Å². The SMILES string of the molecule is CC1CCN(C(=O)c2ccc(C[NH+](Cc3cccc(F)c3)C3CCCCC3)o2)CC1. The second-order valence-electron chi connectivity index (χ2n) is 9.22. The third-order valence-electron chi connectivity index (χ3n) is 6.85. The molecule has 2 aromatic rings. The first-order valence-electron chi connectivity index (χ1n) is 11.6. The van der Waals surface area contributed by atoms with Gasteiger partial charge in [-0.2, -0.15) is 0 Å². The fourth-order valence-corrected chi connectivity index (χ4v) is 4.95. The van der Waals surface area contributed by atoms with Crippen LogP contribution in [-0.4, -0.2) is 29.9 Å². The van der Waals surface area contributed by atoms with Gasteiger partial charge in [0.2, 0.25) is 0 Å². The van der Waals surface area contributed by atoms with Crippen LogP contribution in [0.5, 0.6) is 0 Å². The molecule has 30 heavy (non-hydrogen) atoms. The summed E-state index contributed by atoms with van der Waals surface area (Å²) < 4.78 is 19.7. The highest BCUT2D eigenvalue weighted by atomic mass is 19.1. The van der Waals surface area contributed by atoms with Crippen molar-refractivity contribution in [3.05, 3.63) is 59.3 Å². The Hall–Kier alpha value is -2.14. The van der Waals surface area contributed by atoms with E-state index < -0.39 is 0 Å². The molecule has 1 aliphatic carbocycles. The van der Waals surface area contributed by atoms with Gasteiger partial charge in [0.25, 0.3) is 5.91 Å². The van der Waals surface area contributed by atoms with E-state index in [4.69, 9.17) is 4.42 Å². The van der Waals surface area contributed by atoms with Crippen LogP contribution in [0.2, 0.25) is 0 Å². The highest BCUT2D eigenvalue weighted by molar-refractivity contribution is 5.91. The highest BCUT2D eigenvalue weighted by Gasteiger charge is 2.28. The van der Waals surface area contributed by atoms with Crippen molar-refractivity contribution in [1.82, 2.24) is 4.90 Å². The monoisotopic (exact) mass is 413 g/mol. The van der Waals surface area contributed by atoms with E-state index in [1.54, 1.807) is 12.1 Å². The van der Waals surface area contributed by atoms with Crippen molar-refractivity contribution in [2.45, 2.75) is 71.0 Å². The quantitative estimate of drug-likeness (QED) is 0.770. The number of furan rings is 1. The maximum atomic E-state index is 13.7. The number of halogens is 1. The molecule has 0 bridgehead atoms. The summed E-state index contributed by atoms with van der Waals surface area (Å²) in [7, 11) is 0. The fourth-order valence-electron chi connectivity index (χ4n) is 4.95. The van der Waals surface area contributed by atoms with E-state index in [-0.39, 0.29) is 11.7 Å². The molecule has 1 unspecified atom stereocenters. The number of carbonyl (C=O) groups is 1. The first-order valence-corrected chi connectivity index (χ1v) is 11.6. The molecule has 1 N–H and O–H groups in total. The summed E-state index contributed by atoms with van der Waals surface area (Å²) in [6.45, 7) is 5.38. The summed E-state index contributed by atoms with van der Waals surface area (Å²) in [5.41, 5.74) is 1.01. The number of rotatable bonds is 6. The Kier molecular flexibility index (Phi) is 6.88. The van der Waals surface area contributed by atoms with Crippen LogP contribution in [0.1, 0.15) is 73.7 Å². The highest BCUT2D eigenvalue weighted by Crippen LogP contribution is 2.20. The Bertz CT molecular complexity index is 835.